The van der Waals surface area contributed by atoms with E-state index in [9.17, 15) is 0 Å². The van der Waals surface area contributed by atoms with Crippen molar-refractivity contribution in [2.45, 2.75) is 20.8 Å². The lowest BCUT2D eigenvalue weighted by atomic mass is 10.5. The van der Waals surface area contributed by atoms with Crippen molar-refractivity contribution in [1.82, 2.24) is 15.0 Å². The summed E-state index contributed by atoms with van der Waals surface area (Å²) in [6.45, 7) is 9.58. The van der Waals surface area contributed by atoms with Crippen LogP contribution in [-0.4, -0.2) is 76.1 Å². The summed E-state index contributed by atoms with van der Waals surface area (Å²) in [5, 5.41) is 0. The summed E-state index contributed by atoms with van der Waals surface area (Å²) in [5.41, 5.74) is 0. The zero-order valence-corrected chi connectivity index (χ0v) is 15.7. The first-order valence-electron chi connectivity index (χ1n) is 8.12. The van der Waals surface area contributed by atoms with Gasteiger partial charge in [-0.25, -0.2) is 0 Å². The predicted molar refractivity (Wildman–Crippen MR) is 94.5 cm³/mol. The van der Waals surface area contributed by atoms with Gasteiger partial charge in [-0.2, -0.15) is 15.0 Å². The molecule has 0 unspecified atom stereocenters. The van der Waals surface area contributed by atoms with Gasteiger partial charge in [-0.3, -0.25) is 4.90 Å². The Bertz CT molecular complexity index is 467. The van der Waals surface area contributed by atoms with Gasteiger partial charge in [0.1, 0.15) is 20.2 Å². The van der Waals surface area contributed by atoms with Crippen LogP contribution in [0.15, 0.2) is 0 Å². The standard InChI is InChI=1S/C15H30N6O3/c1-7-19(8-2)13-16-14(20(9-3)10-22-4)18-15(17-13)21(11-23-5)12-24-6/h7-12H2,1-6H3. The topological polar surface area (TPSA) is 76.1 Å². The first kappa shape index (κ1) is 20.3. The van der Waals surface area contributed by atoms with E-state index in [1.165, 1.54) is 0 Å². The second-order valence-corrected chi connectivity index (χ2v) is 5.06. The highest BCUT2D eigenvalue weighted by Gasteiger charge is 2.18. The number of methoxy groups -OCH3 is 3. The molecule has 1 aromatic rings. The van der Waals surface area contributed by atoms with Gasteiger partial charge < -0.3 is 24.0 Å². The van der Waals surface area contributed by atoms with Gasteiger partial charge in [0.25, 0.3) is 0 Å². The molecule has 0 radical (unpaired) electrons. The molecule has 0 fully saturated rings. The highest BCUT2D eigenvalue weighted by atomic mass is 16.5. The molecule has 0 aliphatic carbocycles. The van der Waals surface area contributed by atoms with E-state index in [4.69, 9.17) is 14.2 Å². The molecule has 138 valence electrons. The molecule has 0 amide bonds. The minimum absolute atomic E-state index is 0.325. The summed E-state index contributed by atoms with van der Waals surface area (Å²) in [6, 6.07) is 0. The van der Waals surface area contributed by atoms with E-state index in [1.54, 1.807) is 26.2 Å². The smallest absolute Gasteiger partial charge is 0.235 e. The number of hydrogen-bond donors (Lipinski definition) is 0. The van der Waals surface area contributed by atoms with Crippen molar-refractivity contribution in [3.8, 4) is 0 Å². The molecule has 9 nitrogen and oxygen atoms in total. The van der Waals surface area contributed by atoms with Gasteiger partial charge in [0.2, 0.25) is 17.8 Å². The number of rotatable bonds is 12. The molecule has 1 rings (SSSR count). The molecule has 1 aromatic heterocycles. The Morgan fingerprint density at radius 1 is 0.583 bits per heavy atom. The van der Waals surface area contributed by atoms with E-state index in [2.05, 4.69) is 33.7 Å². The Morgan fingerprint density at radius 2 is 0.917 bits per heavy atom. The Labute approximate surface area is 144 Å². The van der Waals surface area contributed by atoms with Crippen molar-refractivity contribution >= 4 is 17.8 Å². The summed E-state index contributed by atoms with van der Waals surface area (Å²) in [7, 11) is 4.90. The third-order valence-corrected chi connectivity index (χ3v) is 3.45. The fourth-order valence-corrected chi connectivity index (χ4v) is 2.18. The van der Waals surface area contributed by atoms with E-state index in [-0.39, 0.29) is 0 Å². The van der Waals surface area contributed by atoms with Crippen LogP contribution < -0.4 is 14.7 Å². The van der Waals surface area contributed by atoms with Gasteiger partial charge in [-0.05, 0) is 20.8 Å². The molecule has 0 aliphatic heterocycles. The van der Waals surface area contributed by atoms with E-state index < -0.39 is 0 Å². The Hall–Kier alpha value is -1.71. The van der Waals surface area contributed by atoms with Gasteiger partial charge in [-0.1, -0.05) is 0 Å². The average molecular weight is 342 g/mol. The zero-order valence-electron chi connectivity index (χ0n) is 15.7. The van der Waals surface area contributed by atoms with Crippen LogP contribution in [0.1, 0.15) is 20.8 Å². The minimum Gasteiger partial charge on any atom is -0.364 e. The van der Waals surface area contributed by atoms with E-state index in [0.29, 0.717) is 38.0 Å². The van der Waals surface area contributed by atoms with Crippen molar-refractivity contribution in [2.24, 2.45) is 0 Å². The molecular weight excluding hydrogens is 312 g/mol. The van der Waals surface area contributed by atoms with Crippen molar-refractivity contribution in [3.05, 3.63) is 0 Å². The second kappa shape index (κ2) is 11.0. The van der Waals surface area contributed by atoms with Crippen LogP contribution in [0.2, 0.25) is 0 Å². The fraction of sp³-hybridized carbons (Fsp3) is 0.800. The van der Waals surface area contributed by atoms with Gasteiger partial charge in [-0.15, -0.1) is 0 Å². The third-order valence-electron chi connectivity index (χ3n) is 3.45. The molecule has 0 spiro atoms. The third kappa shape index (κ3) is 5.43. The lowest BCUT2D eigenvalue weighted by Gasteiger charge is -2.26. The van der Waals surface area contributed by atoms with E-state index in [1.807, 2.05) is 11.8 Å². The summed E-state index contributed by atoms with van der Waals surface area (Å²) >= 11 is 0. The molecule has 0 saturated carbocycles. The lowest BCUT2D eigenvalue weighted by molar-refractivity contribution is 0.138. The number of ether oxygens (including phenoxy) is 3. The Balaban J connectivity index is 3.31. The average Bonchev–Trinajstić information content (AvgIpc) is 2.60. The van der Waals surface area contributed by atoms with Crippen LogP contribution in [0.3, 0.4) is 0 Å². The summed E-state index contributed by atoms with van der Waals surface area (Å²) < 4.78 is 15.7. The first-order chi connectivity index (χ1) is 11.6. The van der Waals surface area contributed by atoms with Crippen molar-refractivity contribution < 1.29 is 14.2 Å². The Morgan fingerprint density at radius 3 is 1.29 bits per heavy atom. The van der Waals surface area contributed by atoms with Gasteiger partial charge in [0, 0.05) is 41.0 Å². The lowest BCUT2D eigenvalue weighted by Crippen LogP contribution is -2.34. The van der Waals surface area contributed by atoms with Crippen LogP contribution in [0.5, 0.6) is 0 Å². The highest BCUT2D eigenvalue weighted by Crippen LogP contribution is 2.19. The van der Waals surface area contributed by atoms with Gasteiger partial charge >= 0.3 is 0 Å². The maximum atomic E-state index is 5.25. The van der Waals surface area contributed by atoms with E-state index in [0.717, 1.165) is 19.6 Å². The molecule has 9 heteroatoms. The molecule has 0 aromatic carbocycles. The molecule has 0 aliphatic rings. The van der Waals surface area contributed by atoms with Crippen molar-refractivity contribution in [3.63, 3.8) is 0 Å². The number of anilines is 3. The van der Waals surface area contributed by atoms with Crippen LogP contribution in [-0.2, 0) is 14.2 Å². The van der Waals surface area contributed by atoms with Crippen LogP contribution >= 0.6 is 0 Å². The second-order valence-electron chi connectivity index (χ2n) is 5.06. The number of nitrogens with zero attached hydrogens (tertiary/aromatic N) is 6. The molecule has 1 heterocycles. The van der Waals surface area contributed by atoms with Crippen molar-refractivity contribution in [2.75, 3.05) is 75.9 Å². The van der Waals surface area contributed by atoms with Gasteiger partial charge in [0.05, 0.1) is 0 Å². The minimum atomic E-state index is 0.325. The Kier molecular flexibility index (Phi) is 9.28. The molecule has 0 saturated heterocycles. The first-order valence-corrected chi connectivity index (χ1v) is 8.12. The monoisotopic (exact) mass is 342 g/mol. The van der Waals surface area contributed by atoms with E-state index >= 15 is 0 Å². The maximum Gasteiger partial charge on any atom is 0.235 e. The predicted octanol–water partition coefficient (Wildman–Crippen LogP) is 1.16. The fourth-order valence-electron chi connectivity index (χ4n) is 2.18. The molecule has 0 N–H and O–H groups in total. The van der Waals surface area contributed by atoms with Crippen molar-refractivity contribution in [1.29, 1.82) is 0 Å². The quantitative estimate of drug-likeness (QED) is 0.520. The molecule has 0 bridgehead atoms. The SMILES string of the molecule is CCN(CC)c1nc(N(CC)COC)nc(N(COC)COC)n1. The van der Waals surface area contributed by atoms with Crippen LogP contribution in [0, 0.1) is 0 Å². The largest absolute Gasteiger partial charge is 0.364 e. The van der Waals surface area contributed by atoms with Gasteiger partial charge in [0.15, 0.2) is 0 Å². The highest BCUT2D eigenvalue weighted by molar-refractivity contribution is 5.46. The number of hydrogen-bond acceptors (Lipinski definition) is 9. The number of aromatic nitrogens is 3. The molecular formula is C15H30N6O3. The van der Waals surface area contributed by atoms with Crippen LogP contribution in [0.4, 0.5) is 17.8 Å². The van der Waals surface area contributed by atoms with Crippen LogP contribution in [0.25, 0.3) is 0 Å². The summed E-state index contributed by atoms with van der Waals surface area (Å²) in [5.74, 6) is 1.72. The molecule has 0 atom stereocenters. The summed E-state index contributed by atoms with van der Waals surface area (Å²) in [6.07, 6.45) is 0. The maximum absolute atomic E-state index is 5.25. The summed E-state index contributed by atoms with van der Waals surface area (Å²) in [4.78, 5) is 19.6. The zero-order chi connectivity index (χ0) is 17.9. The normalized spacial score (nSPS) is 10.8. The molecule has 24 heavy (non-hydrogen) atoms.